The number of hydrogen-bond donors (Lipinski definition) is 1. The number of anilines is 1. The number of aryl methyl sites for hydroxylation is 2. The summed E-state index contributed by atoms with van der Waals surface area (Å²) in [5.41, 5.74) is 0.0669. The molecule has 18 heavy (non-hydrogen) atoms. The number of nitriles is 1. The van der Waals surface area contributed by atoms with Crippen LogP contribution in [0, 0.1) is 23.7 Å². The zero-order valence-electron chi connectivity index (χ0n) is 11.3. The van der Waals surface area contributed by atoms with Crippen molar-refractivity contribution in [1.29, 1.82) is 5.26 Å². The largest absolute Gasteiger partial charge is 0.301 e. The van der Waals surface area contributed by atoms with Gasteiger partial charge in [-0.25, -0.2) is 4.98 Å². The van der Waals surface area contributed by atoms with Crippen LogP contribution in [0.2, 0.25) is 0 Å². The van der Waals surface area contributed by atoms with Crippen molar-refractivity contribution >= 4 is 22.4 Å². The molecule has 98 valence electrons. The average Bonchev–Trinajstić information content (AvgIpc) is 2.72. The summed E-state index contributed by atoms with van der Waals surface area (Å²) in [5.74, 6) is -0.244. The predicted octanol–water partition coefficient (Wildman–Crippen LogP) is 3.28. The van der Waals surface area contributed by atoms with Crippen LogP contribution < -0.4 is 5.32 Å². The van der Waals surface area contributed by atoms with Gasteiger partial charge in [-0.05, 0) is 26.2 Å². The number of thiazole rings is 1. The van der Waals surface area contributed by atoms with E-state index in [2.05, 4.69) is 16.4 Å². The molecule has 0 aliphatic rings. The van der Waals surface area contributed by atoms with E-state index in [4.69, 9.17) is 0 Å². The molecule has 4 nitrogen and oxygen atoms in total. The van der Waals surface area contributed by atoms with Gasteiger partial charge in [-0.2, -0.15) is 5.26 Å². The van der Waals surface area contributed by atoms with Gasteiger partial charge in [0, 0.05) is 4.88 Å². The Bertz CT molecular complexity index is 469. The van der Waals surface area contributed by atoms with Gasteiger partial charge >= 0.3 is 0 Å². The van der Waals surface area contributed by atoms with Crippen molar-refractivity contribution in [3.63, 3.8) is 0 Å². The van der Waals surface area contributed by atoms with Crippen LogP contribution in [-0.4, -0.2) is 10.9 Å². The Hall–Kier alpha value is -1.41. The van der Waals surface area contributed by atoms with E-state index >= 15 is 0 Å². The first kappa shape index (κ1) is 14.7. The Labute approximate surface area is 112 Å². The topological polar surface area (TPSA) is 65.8 Å². The van der Waals surface area contributed by atoms with Gasteiger partial charge in [-0.3, -0.25) is 4.79 Å². The normalized spacial score (nSPS) is 11.1. The molecule has 5 heteroatoms. The van der Waals surface area contributed by atoms with Crippen LogP contribution in [0.1, 0.15) is 44.2 Å². The number of rotatable bonds is 5. The lowest BCUT2D eigenvalue weighted by atomic mass is 9.83. The maximum Gasteiger partial charge on any atom is 0.246 e. The number of carbonyl (C=O) groups is 1. The molecule has 0 aromatic carbocycles. The molecule has 0 atom stereocenters. The van der Waals surface area contributed by atoms with E-state index in [-0.39, 0.29) is 5.91 Å². The van der Waals surface area contributed by atoms with Gasteiger partial charge < -0.3 is 5.32 Å². The van der Waals surface area contributed by atoms with Crippen molar-refractivity contribution in [2.75, 3.05) is 5.32 Å². The fourth-order valence-corrected chi connectivity index (χ4v) is 2.70. The van der Waals surface area contributed by atoms with Crippen LogP contribution in [0.4, 0.5) is 5.13 Å². The zero-order valence-corrected chi connectivity index (χ0v) is 12.1. The highest BCUT2D eigenvalue weighted by Gasteiger charge is 2.35. The smallest absolute Gasteiger partial charge is 0.246 e. The number of nitrogens with zero attached hydrogens (tertiary/aromatic N) is 2. The van der Waals surface area contributed by atoms with Crippen molar-refractivity contribution < 1.29 is 4.79 Å². The fourth-order valence-electron chi connectivity index (χ4n) is 1.81. The minimum Gasteiger partial charge on any atom is -0.301 e. The first-order valence-electron chi connectivity index (χ1n) is 6.22. The van der Waals surface area contributed by atoms with E-state index in [1.807, 2.05) is 27.7 Å². The zero-order chi connectivity index (χ0) is 13.8. The van der Waals surface area contributed by atoms with E-state index in [9.17, 15) is 10.1 Å². The first-order valence-corrected chi connectivity index (χ1v) is 7.03. The molecule has 1 aromatic rings. The molecule has 0 aliphatic carbocycles. The van der Waals surface area contributed by atoms with Crippen LogP contribution in [0.25, 0.3) is 0 Å². The van der Waals surface area contributed by atoms with Crippen molar-refractivity contribution in [3.05, 3.63) is 10.6 Å². The molecule has 0 saturated carbocycles. The lowest BCUT2D eigenvalue weighted by Gasteiger charge is -2.21. The van der Waals surface area contributed by atoms with Gasteiger partial charge in [0.05, 0.1) is 11.8 Å². The molecule has 1 rings (SSSR count). The van der Waals surface area contributed by atoms with Crippen molar-refractivity contribution in [1.82, 2.24) is 4.98 Å². The third-order valence-corrected chi connectivity index (χ3v) is 4.23. The second-order valence-electron chi connectivity index (χ2n) is 4.23. The second kappa shape index (κ2) is 5.96. The summed E-state index contributed by atoms with van der Waals surface area (Å²) in [4.78, 5) is 17.6. The van der Waals surface area contributed by atoms with Crippen LogP contribution in [0.15, 0.2) is 0 Å². The Balaban J connectivity index is 2.90. The lowest BCUT2D eigenvalue weighted by Crippen LogP contribution is -2.33. The average molecular weight is 265 g/mol. The van der Waals surface area contributed by atoms with Crippen molar-refractivity contribution in [3.8, 4) is 6.07 Å². The molecule has 0 bridgehead atoms. The van der Waals surface area contributed by atoms with E-state index in [0.717, 1.165) is 17.0 Å². The maximum absolute atomic E-state index is 12.2. The molecule has 0 spiro atoms. The van der Waals surface area contributed by atoms with E-state index in [1.54, 1.807) is 0 Å². The first-order chi connectivity index (χ1) is 8.52. The Morgan fingerprint density at radius 3 is 2.44 bits per heavy atom. The van der Waals surface area contributed by atoms with Crippen LogP contribution in [0.3, 0.4) is 0 Å². The van der Waals surface area contributed by atoms with Gasteiger partial charge in [0.2, 0.25) is 5.91 Å². The predicted molar refractivity (Wildman–Crippen MR) is 73.5 cm³/mol. The standard InChI is InChI=1S/C13H19N3OS/c1-5-10-9(4)18-12(15-10)16-11(17)13(6-2,7-3)8-14/h5-7H2,1-4H3,(H,15,16,17). The van der Waals surface area contributed by atoms with Gasteiger partial charge in [0.15, 0.2) is 5.13 Å². The molecule has 1 heterocycles. The highest BCUT2D eigenvalue weighted by atomic mass is 32.1. The Morgan fingerprint density at radius 1 is 1.44 bits per heavy atom. The Kier molecular flexibility index (Phi) is 4.85. The second-order valence-corrected chi connectivity index (χ2v) is 5.43. The highest BCUT2D eigenvalue weighted by Crippen LogP contribution is 2.29. The van der Waals surface area contributed by atoms with Crippen molar-refractivity contribution in [2.24, 2.45) is 5.41 Å². The molecule has 0 unspecified atom stereocenters. The quantitative estimate of drug-likeness (QED) is 0.888. The summed E-state index contributed by atoms with van der Waals surface area (Å²) >= 11 is 1.46. The number of nitrogens with one attached hydrogen (secondary N) is 1. The maximum atomic E-state index is 12.2. The molecular formula is C13H19N3OS. The van der Waals surface area contributed by atoms with E-state index in [0.29, 0.717) is 18.0 Å². The number of aromatic nitrogens is 1. The number of amides is 1. The minimum atomic E-state index is -0.939. The van der Waals surface area contributed by atoms with Crippen LogP contribution >= 0.6 is 11.3 Å². The van der Waals surface area contributed by atoms with Gasteiger partial charge in [-0.1, -0.05) is 20.8 Å². The summed E-state index contributed by atoms with van der Waals surface area (Å²) in [6.07, 6.45) is 1.87. The molecule has 0 saturated heterocycles. The molecule has 1 N–H and O–H groups in total. The minimum absolute atomic E-state index is 0.244. The summed E-state index contributed by atoms with van der Waals surface area (Å²) in [5, 5.41) is 12.6. The third-order valence-electron chi connectivity index (χ3n) is 3.30. The number of carbonyl (C=O) groups excluding carboxylic acids is 1. The van der Waals surface area contributed by atoms with Crippen molar-refractivity contribution in [2.45, 2.75) is 47.0 Å². The SMILES string of the molecule is CCc1nc(NC(=O)C(C#N)(CC)CC)sc1C. The molecule has 1 aromatic heterocycles. The van der Waals surface area contributed by atoms with Crippen LogP contribution in [-0.2, 0) is 11.2 Å². The van der Waals surface area contributed by atoms with Crippen LogP contribution in [0.5, 0.6) is 0 Å². The fraction of sp³-hybridized carbons (Fsp3) is 0.615. The molecule has 0 aliphatic heterocycles. The lowest BCUT2D eigenvalue weighted by molar-refractivity contribution is -0.123. The third kappa shape index (κ3) is 2.70. The van der Waals surface area contributed by atoms with Gasteiger partial charge in [0.25, 0.3) is 0 Å². The molecule has 1 amide bonds. The molecule has 0 radical (unpaired) electrons. The van der Waals surface area contributed by atoms with E-state index < -0.39 is 5.41 Å². The van der Waals surface area contributed by atoms with Gasteiger partial charge in [-0.15, -0.1) is 11.3 Å². The molecular weight excluding hydrogens is 246 g/mol. The highest BCUT2D eigenvalue weighted by molar-refractivity contribution is 7.15. The summed E-state index contributed by atoms with van der Waals surface area (Å²) in [7, 11) is 0. The molecule has 0 fully saturated rings. The Morgan fingerprint density at radius 2 is 2.06 bits per heavy atom. The van der Waals surface area contributed by atoms with E-state index in [1.165, 1.54) is 11.3 Å². The monoisotopic (exact) mass is 265 g/mol. The summed E-state index contributed by atoms with van der Waals surface area (Å²) < 4.78 is 0. The number of hydrogen-bond acceptors (Lipinski definition) is 4. The summed E-state index contributed by atoms with van der Waals surface area (Å²) in [6, 6.07) is 2.14. The van der Waals surface area contributed by atoms with Gasteiger partial charge in [0.1, 0.15) is 5.41 Å². The summed E-state index contributed by atoms with van der Waals surface area (Å²) in [6.45, 7) is 7.74.